The molecule has 40 heavy (non-hydrogen) atoms. The van der Waals surface area contributed by atoms with E-state index in [1.807, 2.05) is 62.7 Å². The fraction of sp³-hybridized carbons (Fsp3) is 0.393. The number of carbonyl (C=O) groups is 2. The van der Waals surface area contributed by atoms with Crippen molar-refractivity contribution in [2.45, 2.75) is 64.3 Å². The van der Waals surface area contributed by atoms with Crippen LogP contribution in [-0.2, 0) is 36.0 Å². The smallest absolute Gasteiger partial charge is 0.341 e. The fourth-order valence-electron chi connectivity index (χ4n) is 4.79. The zero-order valence-corrected chi connectivity index (χ0v) is 25.3. The van der Waals surface area contributed by atoms with E-state index in [-0.39, 0.29) is 23.7 Å². The van der Waals surface area contributed by atoms with Gasteiger partial charge in [-0.2, -0.15) is 5.10 Å². The number of aryl methyl sites for hydroxylation is 3. The van der Waals surface area contributed by atoms with Crippen molar-refractivity contribution in [3.8, 4) is 11.5 Å². The number of nitrogens with zero attached hydrogens (tertiary/aromatic N) is 5. The maximum absolute atomic E-state index is 13.2. The first-order chi connectivity index (χ1) is 19.2. The molecule has 210 valence electrons. The van der Waals surface area contributed by atoms with Crippen molar-refractivity contribution in [3.63, 3.8) is 0 Å². The van der Waals surface area contributed by atoms with Gasteiger partial charge < -0.3 is 10.1 Å². The molecule has 0 fully saturated rings. The highest BCUT2D eigenvalue weighted by atomic mass is 35.5. The van der Waals surface area contributed by atoms with E-state index in [0.717, 1.165) is 41.7 Å². The van der Waals surface area contributed by atoms with E-state index in [1.54, 1.807) is 4.68 Å². The largest absolute Gasteiger partial charge is 0.459 e. The lowest BCUT2D eigenvalue weighted by molar-refractivity contribution is -0.113. The van der Waals surface area contributed by atoms with Crippen molar-refractivity contribution in [2.75, 3.05) is 11.1 Å². The Morgan fingerprint density at radius 2 is 1.93 bits per heavy atom. The molecule has 0 saturated carbocycles. The molecular weight excluding hydrogens is 568 g/mol. The lowest BCUT2D eigenvalue weighted by atomic mass is 9.95. The van der Waals surface area contributed by atoms with Crippen molar-refractivity contribution >= 4 is 51.6 Å². The summed E-state index contributed by atoms with van der Waals surface area (Å²) in [6.45, 7) is 5.99. The van der Waals surface area contributed by atoms with E-state index in [1.165, 1.54) is 23.1 Å². The Hall–Kier alpha value is -3.15. The van der Waals surface area contributed by atoms with Gasteiger partial charge in [0.15, 0.2) is 11.0 Å². The summed E-state index contributed by atoms with van der Waals surface area (Å²) >= 11 is 9.35. The highest BCUT2D eigenvalue weighted by Gasteiger charge is 2.28. The van der Waals surface area contributed by atoms with E-state index in [4.69, 9.17) is 16.3 Å². The van der Waals surface area contributed by atoms with Crippen molar-refractivity contribution in [1.82, 2.24) is 24.5 Å². The third-order valence-electron chi connectivity index (χ3n) is 6.56. The number of thioether (sulfide) groups is 1. The minimum absolute atomic E-state index is 0.0896. The van der Waals surface area contributed by atoms with Crippen LogP contribution in [0.3, 0.4) is 0 Å². The molecule has 1 aliphatic rings. The van der Waals surface area contributed by atoms with Crippen LogP contribution < -0.4 is 5.32 Å². The minimum atomic E-state index is -0.382. The van der Waals surface area contributed by atoms with Gasteiger partial charge in [-0.3, -0.25) is 14.0 Å². The summed E-state index contributed by atoms with van der Waals surface area (Å²) in [5, 5.41) is 17.9. The number of anilines is 1. The average molecular weight is 599 g/mol. The van der Waals surface area contributed by atoms with E-state index in [9.17, 15) is 9.59 Å². The molecule has 1 aromatic carbocycles. The highest BCUT2D eigenvalue weighted by Crippen LogP contribution is 2.39. The lowest BCUT2D eigenvalue weighted by Crippen LogP contribution is -2.19. The molecule has 4 aromatic rings. The number of halogens is 1. The molecule has 1 aliphatic carbocycles. The molecule has 5 rings (SSSR count). The second-order valence-electron chi connectivity index (χ2n) is 9.96. The molecular formula is C28H31ClN6O3S2. The Morgan fingerprint density at radius 1 is 1.18 bits per heavy atom. The predicted octanol–water partition coefficient (Wildman–Crippen LogP) is 5.93. The Balaban J connectivity index is 1.39. The van der Waals surface area contributed by atoms with Crippen LogP contribution in [0.25, 0.3) is 11.5 Å². The highest BCUT2D eigenvalue weighted by molar-refractivity contribution is 7.99. The average Bonchev–Trinajstić information content (AvgIpc) is 3.55. The number of thiophene rings is 1. The van der Waals surface area contributed by atoms with Gasteiger partial charge in [0.2, 0.25) is 5.91 Å². The Bertz CT molecular complexity index is 1540. The van der Waals surface area contributed by atoms with Crippen molar-refractivity contribution in [2.24, 2.45) is 7.05 Å². The summed E-state index contributed by atoms with van der Waals surface area (Å²) in [6, 6.07) is 9.97. The van der Waals surface area contributed by atoms with Crippen molar-refractivity contribution in [1.29, 1.82) is 0 Å². The maximum Gasteiger partial charge on any atom is 0.341 e. The minimum Gasteiger partial charge on any atom is -0.459 e. The van der Waals surface area contributed by atoms with Gasteiger partial charge in [-0.15, -0.1) is 21.5 Å². The van der Waals surface area contributed by atoms with Crippen LogP contribution in [0.15, 0.2) is 35.5 Å². The molecule has 1 N–H and O–H groups in total. The molecule has 3 heterocycles. The Kier molecular flexibility index (Phi) is 8.62. The van der Waals surface area contributed by atoms with Crippen molar-refractivity contribution in [3.05, 3.63) is 62.6 Å². The number of amides is 1. The second kappa shape index (κ2) is 12.2. The molecule has 0 radical (unpaired) electrons. The number of nitrogens with one attached hydrogen (secondary N) is 1. The van der Waals surface area contributed by atoms with E-state index in [2.05, 4.69) is 20.6 Å². The van der Waals surface area contributed by atoms with Crippen molar-refractivity contribution < 1.29 is 14.3 Å². The molecule has 0 aliphatic heterocycles. The summed E-state index contributed by atoms with van der Waals surface area (Å²) in [6.07, 6.45) is 3.59. The van der Waals surface area contributed by atoms with E-state index < -0.39 is 0 Å². The molecule has 1 amide bonds. The number of fused-ring (bicyclic) bond motifs is 1. The normalized spacial score (nSPS) is 12.9. The summed E-state index contributed by atoms with van der Waals surface area (Å²) < 4.78 is 9.17. The fourth-order valence-corrected chi connectivity index (χ4v) is 7.07. The van der Waals surface area contributed by atoms with Gasteiger partial charge in [-0.05, 0) is 57.6 Å². The van der Waals surface area contributed by atoms with Gasteiger partial charge in [0.05, 0.1) is 34.7 Å². The number of rotatable bonds is 9. The molecule has 3 aromatic heterocycles. The van der Waals surface area contributed by atoms with E-state index >= 15 is 0 Å². The molecule has 0 atom stereocenters. The van der Waals surface area contributed by atoms with Gasteiger partial charge in [0.1, 0.15) is 10.7 Å². The number of ether oxygens (including phenoxy) is 1. The van der Waals surface area contributed by atoms with Gasteiger partial charge >= 0.3 is 5.97 Å². The molecule has 12 heteroatoms. The molecule has 0 unspecified atom stereocenters. The standard InChI is InChI=1S/C28H31ClN6O3S2/c1-16(2)38-27(37)22-19-12-8-9-13-20(19)40-26(22)30-21(36)15-39-28-32-31-25(24-23(29)17(3)33-34(24)4)35(28)14-18-10-6-5-7-11-18/h5-7,10-11,16H,8-9,12-15H2,1-4H3,(H,30,36). The first-order valence-electron chi connectivity index (χ1n) is 13.2. The summed E-state index contributed by atoms with van der Waals surface area (Å²) in [5.41, 5.74) is 3.94. The van der Waals surface area contributed by atoms with Gasteiger partial charge in [0.25, 0.3) is 0 Å². The SMILES string of the molecule is Cc1nn(C)c(-c2nnc(SCC(=O)Nc3sc4c(c3C(=O)OC(C)C)CCCC4)n2Cc2ccccc2)c1Cl. The number of aromatic nitrogens is 5. The maximum atomic E-state index is 13.2. The van der Waals surface area contributed by atoms with Gasteiger partial charge in [0, 0.05) is 11.9 Å². The predicted molar refractivity (Wildman–Crippen MR) is 158 cm³/mol. The van der Waals surface area contributed by atoms with Crippen LogP contribution >= 0.6 is 34.7 Å². The Labute approximate surface area is 246 Å². The summed E-state index contributed by atoms with van der Waals surface area (Å²) in [7, 11) is 1.82. The molecule has 9 nitrogen and oxygen atoms in total. The third-order valence-corrected chi connectivity index (χ3v) is 9.19. The number of esters is 1. The zero-order chi connectivity index (χ0) is 28.4. The monoisotopic (exact) mass is 598 g/mol. The van der Waals surface area contributed by atoms with Crippen LogP contribution in [0, 0.1) is 6.92 Å². The topological polar surface area (TPSA) is 104 Å². The Morgan fingerprint density at radius 3 is 2.62 bits per heavy atom. The molecule has 0 saturated heterocycles. The number of hydrogen-bond acceptors (Lipinski definition) is 8. The third kappa shape index (κ3) is 5.96. The first-order valence-corrected chi connectivity index (χ1v) is 15.4. The number of hydrogen-bond donors (Lipinski definition) is 1. The summed E-state index contributed by atoms with van der Waals surface area (Å²) in [5.74, 6) is 0.0524. The molecule has 0 spiro atoms. The number of carbonyl (C=O) groups excluding carboxylic acids is 2. The van der Waals surface area contributed by atoms with Crippen LogP contribution in [-0.4, -0.2) is 48.3 Å². The quantitative estimate of drug-likeness (QED) is 0.188. The number of benzene rings is 1. The van der Waals surface area contributed by atoms with Gasteiger partial charge in [-0.25, -0.2) is 4.79 Å². The van der Waals surface area contributed by atoms with E-state index in [0.29, 0.717) is 44.5 Å². The van der Waals surface area contributed by atoms with Crippen LogP contribution in [0.1, 0.15) is 58.7 Å². The molecule has 0 bridgehead atoms. The summed E-state index contributed by atoms with van der Waals surface area (Å²) in [4.78, 5) is 27.3. The van der Waals surface area contributed by atoms with Gasteiger partial charge in [-0.1, -0.05) is 53.7 Å². The van der Waals surface area contributed by atoms with Crippen LogP contribution in [0.2, 0.25) is 5.02 Å². The second-order valence-corrected chi connectivity index (χ2v) is 12.4. The lowest BCUT2D eigenvalue weighted by Gasteiger charge is -2.14. The van der Waals surface area contributed by atoms with Crippen LogP contribution in [0.5, 0.6) is 0 Å². The first kappa shape index (κ1) is 28.4. The zero-order valence-electron chi connectivity index (χ0n) is 22.9. The van der Waals surface area contributed by atoms with Crippen LogP contribution in [0.4, 0.5) is 5.00 Å².